The molecule has 1 amide bonds. The van der Waals surface area contributed by atoms with Gasteiger partial charge in [-0.05, 0) is 56.9 Å². The summed E-state index contributed by atoms with van der Waals surface area (Å²) < 4.78 is 40.1. The van der Waals surface area contributed by atoms with Gasteiger partial charge in [-0.3, -0.25) is 4.79 Å². The van der Waals surface area contributed by atoms with Gasteiger partial charge >= 0.3 is 6.18 Å². The minimum atomic E-state index is -4.47. The number of nitrogens with zero attached hydrogens (tertiary/aromatic N) is 1. The number of benzene rings is 1. The summed E-state index contributed by atoms with van der Waals surface area (Å²) in [7, 11) is 0. The molecule has 1 heterocycles. The van der Waals surface area contributed by atoms with Crippen LogP contribution in [0.4, 0.5) is 18.9 Å². The molecule has 1 aromatic carbocycles. The van der Waals surface area contributed by atoms with E-state index in [1.807, 2.05) is 0 Å². The molecule has 2 rings (SSSR count). The van der Waals surface area contributed by atoms with E-state index in [2.05, 4.69) is 10.2 Å². The van der Waals surface area contributed by atoms with E-state index in [-0.39, 0.29) is 11.3 Å². The summed E-state index contributed by atoms with van der Waals surface area (Å²) in [5, 5.41) is 2.29. The molecule has 1 aromatic rings. The molecule has 23 heavy (non-hydrogen) atoms. The Bertz CT molecular complexity index is 537. The van der Waals surface area contributed by atoms with Gasteiger partial charge in [0.05, 0.1) is 11.3 Å². The van der Waals surface area contributed by atoms with E-state index in [1.165, 1.54) is 38.3 Å². The summed E-state index contributed by atoms with van der Waals surface area (Å²) in [4.78, 5) is 13.5. The first-order valence-corrected chi connectivity index (χ1v) is 8.07. The normalized spacial score (nSPS) is 16.3. The SMILES string of the molecule is CC(=O)Nc1cccc(CCCN2CCCCC2)c1C(F)(F)F. The molecule has 1 aliphatic heterocycles. The number of likely N-dealkylation sites (tertiary alicyclic amines) is 1. The van der Waals surface area contributed by atoms with Crippen molar-refractivity contribution < 1.29 is 18.0 Å². The summed E-state index contributed by atoms with van der Waals surface area (Å²) in [6, 6.07) is 4.37. The molecule has 1 fully saturated rings. The maximum atomic E-state index is 13.4. The van der Waals surface area contributed by atoms with Crippen LogP contribution in [0.15, 0.2) is 18.2 Å². The monoisotopic (exact) mass is 328 g/mol. The lowest BCUT2D eigenvalue weighted by atomic mass is 10.00. The van der Waals surface area contributed by atoms with Crippen molar-refractivity contribution in [2.75, 3.05) is 25.0 Å². The van der Waals surface area contributed by atoms with E-state index >= 15 is 0 Å². The summed E-state index contributed by atoms with van der Waals surface area (Å²) in [5.74, 6) is -0.499. The molecule has 0 atom stereocenters. The highest BCUT2D eigenvalue weighted by Gasteiger charge is 2.36. The van der Waals surface area contributed by atoms with Gasteiger partial charge in [0.15, 0.2) is 0 Å². The van der Waals surface area contributed by atoms with Gasteiger partial charge in [-0.15, -0.1) is 0 Å². The number of hydrogen-bond donors (Lipinski definition) is 1. The van der Waals surface area contributed by atoms with Crippen molar-refractivity contribution in [2.24, 2.45) is 0 Å². The standard InChI is InChI=1S/C17H23F3N2O/c1-13(23)21-15-9-5-7-14(16(15)17(18,19)20)8-6-12-22-10-3-2-4-11-22/h5,7,9H,2-4,6,8,10-12H2,1H3,(H,21,23). The molecule has 0 radical (unpaired) electrons. The fraction of sp³-hybridized carbons (Fsp3) is 0.588. The lowest BCUT2D eigenvalue weighted by molar-refractivity contribution is -0.137. The number of piperidine rings is 1. The Balaban J connectivity index is 2.08. The predicted octanol–water partition coefficient (Wildman–Crippen LogP) is 4.08. The number of amides is 1. The van der Waals surface area contributed by atoms with Crippen molar-refractivity contribution in [1.29, 1.82) is 0 Å². The number of anilines is 1. The number of aryl methyl sites for hydroxylation is 1. The van der Waals surface area contributed by atoms with Crippen LogP contribution in [0.1, 0.15) is 43.7 Å². The maximum Gasteiger partial charge on any atom is 0.418 e. The van der Waals surface area contributed by atoms with Crippen molar-refractivity contribution >= 4 is 11.6 Å². The molecule has 0 aromatic heterocycles. The molecule has 3 nitrogen and oxygen atoms in total. The Labute approximate surface area is 134 Å². The quantitative estimate of drug-likeness (QED) is 0.883. The lowest BCUT2D eigenvalue weighted by Gasteiger charge is -2.26. The third-order valence-electron chi connectivity index (χ3n) is 4.11. The summed E-state index contributed by atoms with van der Waals surface area (Å²) in [6.07, 6.45) is 0.163. The second-order valence-corrected chi connectivity index (χ2v) is 6.02. The van der Waals surface area contributed by atoms with E-state index in [4.69, 9.17) is 0 Å². The van der Waals surface area contributed by atoms with E-state index in [9.17, 15) is 18.0 Å². The topological polar surface area (TPSA) is 32.3 Å². The van der Waals surface area contributed by atoms with Crippen LogP contribution < -0.4 is 5.32 Å². The van der Waals surface area contributed by atoms with Crippen LogP contribution in [0, 0.1) is 0 Å². The molecular formula is C17H23F3N2O. The van der Waals surface area contributed by atoms with Crippen molar-refractivity contribution in [3.8, 4) is 0 Å². The van der Waals surface area contributed by atoms with E-state index in [0.29, 0.717) is 12.8 Å². The first kappa shape index (κ1) is 17.8. The van der Waals surface area contributed by atoms with Crippen LogP contribution >= 0.6 is 0 Å². The number of carbonyl (C=O) groups excluding carboxylic acids is 1. The maximum absolute atomic E-state index is 13.4. The van der Waals surface area contributed by atoms with Crippen LogP contribution in [-0.2, 0) is 17.4 Å². The predicted molar refractivity (Wildman–Crippen MR) is 84.4 cm³/mol. The van der Waals surface area contributed by atoms with Gasteiger partial charge < -0.3 is 10.2 Å². The van der Waals surface area contributed by atoms with Crippen molar-refractivity contribution in [3.05, 3.63) is 29.3 Å². The largest absolute Gasteiger partial charge is 0.418 e. The second-order valence-electron chi connectivity index (χ2n) is 6.02. The minimum absolute atomic E-state index is 0.152. The Hall–Kier alpha value is -1.56. The summed E-state index contributed by atoms with van der Waals surface area (Å²) >= 11 is 0. The zero-order valence-electron chi connectivity index (χ0n) is 13.4. The molecular weight excluding hydrogens is 305 g/mol. The number of carbonyl (C=O) groups is 1. The smallest absolute Gasteiger partial charge is 0.326 e. The molecule has 1 aliphatic rings. The van der Waals surface area contributed by atoms with Gasteiger partial charge in [-0.2, -0.15) is 13.2 Å². The lowest BCUT2D eigenvalue weighted by Crippen LogP contribution is -2.30. The highest BCUT2D eigenvalue weighted by Crippen LogP contribution is 2.38. The fourth-order valence-corrected chi connectivity index (χ4v) is 3.11. The van der Waals surface area contributed by atoms with Crippen LogP contribution in [0.25, 0.3) is 0 Å². The minimum Gasteiger partial charge on any atom is -0.326 e. The van der Waals surface area contributed by atoms with Gasteiger partial charge in [0.2, 0.25) is 5.91 Å². The Morgan fingerprint density at radius 2 is 1.91 bits per heavy atom. The third-order valence-corrected chi connectivity index (χ3v) is 4.11. The van der Waals surface area contributed by atoms with Crippen LogP contribution in [-0.4, -0.2) is 30.4 Å². The first-order valence-electron chi connectivity index (χ1n) is 8.07. The highest BCUT2D eigenvalue weighted by atomic mass is 19.4. The van der Waals surface area contributed by atoms with Crippen molar-refractivity contribution in [2.45, 2.75) is 45.2 Å². The number of hydrogen-bond acceptors (Lipinski definition) is 2. The average Bonchev–Trinajstić information content (AvgIpc) is 2.46. The number of alkyl halides is 3. The summed E-state index contributed by atoms with van der Waals surface area (Å²) in [6.45, 7) is 4.11. The van der Waals surface area contributed by atoms with E-state index < -0.39 is 17.6 Å². The number of rotatable bonds is 5. The number of halogens is 3. The Kier molecular flexibility index (Phi) is 6.04. The molecule has 0 unspecified atom stereocenters. The molecule has 0 bridgehead atoms. The fourth-order valence-electron chi connectivity index (χ4n) is 3.11. The van der Waals surface area contributed by atoms with E-state index in [0.717, 1.165) is 19.6 Å². The molecule has 0 aliphatic carbocycles. The van der Waals surface area contributed by atoms with Crippen LogP contribution in [0.3, 0.4) is 0 Å². The highest BCUT2D eigenvalue weighted by molar-refractivity contribution is 5.89. The molecule has 1 saturated heterocycles. The van der Waals surface area contributed by atoms with Gasteiger partial charge in [0, 0.05) is 6.92 Å². The summed E-state index contributed by atoms with van der Waals surface area (Å²) in [5.41, 5.74) is -0.616. The zero-order valence-corrected chi connectivity index (χ0v) is 13.4. The third kappa shape index (κ3) is 5.23. The molecule has 1 N–H and O–H groups in total. The molecule has 6 heteroatoms. The van der Waals surface area contributed by atoms with Gasteiger partial charge in [-0.25, -0.2) is 0 Å². The van der Waals surface area contributed by atoms with E-state index in [1.54, 1.807) is 6.07 Å². The van der Waals surface area contributed by atoms with Crippen LogP contribution in [0.5, 0.6) is 0 Å². The van der Waals surface area contributed by atoms with Gasteiger partial charge in [-0.1, -0.05) is 18.6 Å². The molecule has 128 valence electrons. The zero-order chi connectivity index (χ0) is 16.9. The molecule has 0 saturated carbocycles. The molecule has 0 spiro atoms. The Morgan fingerprint density at radius 1 is 1.22 bits per heavy atom. The average molecular weight is 328 g/mol. The Morgan fingerprint density at radius 3 is 2.52 bits per heavy atom. The van der Waals surface area contributed by atoms with Crippen molar-refractivity contribution in [3.63, 3.8) is 0 Å². The first-order chi connectivity index (χ1) is 10.9. The number of nitrogens with one attached hydrogen (secondary N) is 1. The van der Waals surface area contributed by atoms with Crippen LogP contribution in [0.2, 0.25) is 0 Å². The van der Waals surface area contributed by atoms with Gasteiger partial charge in [0.1, 0.15) is 0 Å². The second kappa shape index (κ2) is 7.81. The van der Waals surface area contributed by atoms with Crippen molar-refractivity contribution in [1.82, 2.24) is 4.90 Å². The van der Waals surface area contributed by atoms with Gasteiger partial charge in [0.25, 0.3) is 0 Å².